The number of ether oxygens (including phenoxy) is 1. The van der Waals surface area contributed by atoms with E-state index in [2.05, 4.69) is 19.1 Å². The molecule has 94 valence electrons. The molecule has 2 N–H and O–H groups in total. The molecule has 0 aliphatic heterocycles. The first-order valence-corrected chi connectivity index (χ1v) is 6.38. The second-order valence-electron chi connectivity index (χ2n) is 4.18. The zero-order valence-electron chi connectivity index (χ0n) is 10.3. The Kier molecular flexibility index (Phi) is 4.11. The average Bonchev–Trinajstić information content (AvgIpc) is 2.37. The maximum atomic E-state index is 5.91. The van der Waals surface area contributed by atoms with Crippen molar-refractivity contribution in [1.29, 1.82) is 0 Å². The molecule has 0 saturated heterocycles. The molecule has 0 radical (unpaired) electrons. The highest BCUT2D eigenvalue weighted by Gasteiger charge is 2.03. The van der Waals surface area contributed by atoms with Gasteiger partial charge in [-0.2, -0.15) is 0 Å². The number of nitrogen functional groups attached to an aromatic ring is 1. The molecule has 3 heteroatoms. The van der Waals surface area contributed by atoms with Crippen molar-refractivity contribution in [1.82, 2.24) is 0 Å². The van der Waals surface area contributed by atoms with Crippen molar-refractivity contribution >= 4 is 17.3 Å². The molecule has 2 rings (SSSR count). The van der Waals surface area contributed by atoms with Crippen LogP contribution in [0.15, 0.2) is 42.5 Å². The Morgan fingerprint density at radius 2 is 1.83 bits per heavy atom. The summed E-state index contributed by atoms with van der Waals surface area (Å²) in [5.41, 5.74) is 7.72. The quantitative estimate of drug-likeness (QED) is 0.812. The van der Waals surface area contributed by atoms with Crippen LogP contribution in [0.1, 0.15) is 18.9 Å². The summed E-state index contributed by atoms with van der Waals surface area (Å²) >= 11 is 5.91. The molecule has 0 amide bonds. The molecular formula is C15H16ClNO. The van der Waals surface area contributed by atoms with Gasteiger partial charge in [-0.15, -0.1) is 0 Å². The number of hydrogen-bond donors (Lipinski definition) is 1. The highest BCUT2D eigenvalue weighted by molar-refractivity contribution is 6.30. The molecule has 0 bridgehead atoms. The van der Waals surface area contributed by atoms with Gasteiger partial charge >= 0.3 is 0 Å². The van der Waals surface area contributed by atoms with Gasteiger partial charge in [-0.1, -0.05) is 37.1 Å². The number of benzene rings is 2. The maximum absolute atomic E-state index is 5.91. The zero-order valence-corrected chi connectivity index (χ0v) is 11.1. The fourth-order valence-corrected chi connectivity index (χ4v) is 1.90. The van der Waals surface area contributed by atoms with E-state index in [1.165, 1.54) is 5.56 Å². The van der Waals surface area contributed by atoms with Crippen LogP contribution in [0.4, 0.5) is 5.69 Å². The first kappa shape index (κ1) is 12.8. The molecule has 0 saturated carbocycles. The van der Waals surface area contributed by atoms with E-state index in [4.69, 9.17) is 22.1 Å². The number of halogens is 1. The minimum Gasteiger partial charge on any atom is -0.455 e. The summed E-state index contributed by atoms with van der Waals surface area (Å²) in [6.07, 6.45) is 2.22. The van der Waals surface area contributed by atoms with E-state index in [-0.39, 0.29) is 0 Å². The number of nitrogens with two attached hydrogens (primary N) is 1. The van der Waals surface area contributed by atoms with Crippen molar-refractivity contribution in [2.24, 2.45) is 0 Å². The molecule has 2 aromatic carbocycles. The van der Waals surface area contributed by atoms with Crippen molar-refractivity contribution < 1.29 is 4.74 Å². The fraction of sp³-hybridized carbons (Fsp3) is 0.200. The van der Waals surface area contributed by atoms with Crippen molar-refractivity contribution in [3.63, 3.8) is 0 Å². The SMILES string of the molecule is CCCc1ccc(Oc2cc(Cl)ccc2N)cc1. The Bertz CT molecular complexity index is 523. The lowest BCUT2D eigenvalue weighted by atomic mass is 10.1. The third-order valence-corrected chi connectivity index (χ3v) is 2.90. The van der Waals surface area contributed by atoms with Crippen LogP contribution in [0.5, 0.6) is 11.5 Å². The normalized spacial score (nSPS) is 10.3. The van der Waals surface area contributed by atoms with Crippen LogP contribution < -0.4 is 10.5 Å². The Balaban J connectivity index is 2.15. The molecule has 2 nitrogen and oxygen atoms in total. The molecule has 18 heavy (non-hydrogen) atoms. The highest BCUT2D eigenvalue weighted by Crippen LogP contribution is 2.30. The van der Waals surface area contributed by atoms with Gasteiger partial charge in [0.15, 0.2) is 5.75 Å². The summed E-state index contributed by atoms with van der Waals surface area (Å²) in [5.74, 6) is 1.36. The first-order chi connectivity index (χ1) is 8.69. The smallest absolute Gasteiger partial charge is 0.151 e. The van der Waals surface area contributed by atoms with Crippen LogP contribution in [-0.2, 0) is 6.42 Å². The Morgan fingerprint density at radius 3 is 2.50 bits per heavy atom. The summed E-state index contributed by atoms with van der Waals surface area (Å²) < 4.78 is 5.71. The summed E-state index contributed by atoms with van der Waals surface area (Å²) in [6, 6.07) is 13.2. The predicted octanol–water partition coefficient (Wildman–Crippen LogP) is 4.67. The molecule has 0 heterocycles. The summed E-state index contributed by atoms with van der Waals surface area (Å²) in [7, 11) is 0. The molecule has 0 aliphatic rings. The molecule has 0 spiro atoms. The summed E-state index contributed by atoms with van der Waals surface area (Å²) in [6.45, 7) is 2.16. The third-order valence-electron chi connectivity index (χ3n) is 2.67. The van der Waals surface area contributed by atoms with Gasteiger partial charge in [0.2, 0.25) is 0 Å². The lowest BCUT2D eigenvalue weighted by Crippen LogP contribution is -1.92. The van der Waals surface area contributed by atoms with Crippen molar-refractivity contribution in [2.75, 3.05) is 5.73 Å². The molecular weight excluding hydrogens is 246 g/mol. The van der Waals surface area contributed by atoms with Gasteiger partial charge in [-0.25, -0.2) is 0 Å². The molecule has 2 aromatic rings. The molecule has 0 aromatic heterocycles. The summed E-state index contributed by atoms with van der Waals surface area (Å²) in [4.78, 5) is 0. The fourth-order valence-electron chi connectivity index (χ4n) is 1.74. The Hall–Kier alpha value is -1.67. The third kappa shape index (κ3) is 3.17. The van der Waals surface area contributed by atoms with Gasteiger partial charge in [-0.3, -0.25) is 0 Å². The molecule has 0 unspecified atom stereocenters. The topological polar surface area (TPSA) is 35.2 Å². The van der Waals surface area contributed by atoms with Gasteiger partial charge in [0.05, 0.1) is 5.69 Å². The Morgan fingerprint density at radius 1 is 1.11 bits per heavy atom. The second kappa shape index (κ2) is 5.78. The van der Waals surface area contributed by atoms with E-state index < -0.39 is 0 Å². The van der Waals surface area contributed by atoms with E-state index in [0.29, 0.717) is 16.5 Å². The average molecular weight is 262 g/mol. The highest BCUT2D eigenvalue weighted by atomic mass is 35.5. The van der Waals surface area contributed by atoms with Gasteiger partial charge in [-0.05, 0) is 36.2 Å². The van der Waals surface area contributed by atoms with Crippen LogP contribution in [0.2, 0.25) is 5.02 Å². The predicted molar refractivity (Wildman–Crippen MR) is 76.4 cm³/mol. The number of rotatable bonds is 4. The van der Waals surface area contributed by atoms with Gasteiger partial charge in [0, 0.05) is 11.1 Å². The minimum atomic E-state index is 0.581. The van der Waals surface area contributed by atoms with Crippen molar-refractivity contribution in [2.45, 2.75) is 19.8 Å². The largest absolute Gasteiger partial charge is 0.455 e. The van der Waals surface area contributed by atoms with E-state index in [9.17, 15) is 0 Å². The van der Waals surface area contributed by atoms with Gasteiger partial charge in [0.1, 0.15) is 5.75 Å². The standard InChI is InChI=1S/C15H16ClNO/c1-2-3-11-4-7-13(8-5-11)18-15-10-12(16)6-9-14(15)17/h4-10H,2-3,17H2,1H3. The number of hydrogen-bond acceptors (Lipinski definition) is 2. The van der Waals surface area contributed by atoms with E-state index in [0.717, 1.165) is 18.6 Å². The lowest BCUT2D eigenvalue weighted by molar-refractivity contribution is 0.485. The monoisotopic (exact) mass is 261 g/mol. The summed E-state index contributed by atoms with van der Waals surface area (Å²) in [5, 5.41) is 0.613. The van der Waals surface area contributed by atoms with Crippen LogP contribution >= 0.6 is 11.6 Å². The van der Waals surface area contributed by atoms with Crippen molar-refractivity contribution in [3.05, 3.63) is 53.1 Å². The van der Waals surface area contributed by atoms with Gasteiger partial charge < -0.3 is 10.5 Å². The second-order valence-corrected chi connectivity index (χ2v) is 4.61. The first-order valence-electron chi connectivity index (χ1n) is 6.01. The zero-order chi connectivity index (χ0) is 13.0. The maximum Gasteiger partial charge on any atom is 0.151 e. The molecule has 0 aliphatic carbocycles. The van der Waals surface area contributed by atoms with Crippen molar-refractivity contribution in [3.8, 4) is 11.5 Å². The molecule has 0 fully saturated rings. The van der Waals surface area contributed by atoms with E-state index in [1.807, 2.05) is 12.1 Å². The Labute approximate surface area is 112 Å². The molecule has 0 atom stereocenters. The lowest BCUT2D eigenvalue weighted by Gasteiger charge is -2.09. The van der Waals surface area contributed by atoms with Gasteiger partial charge in [0.25, 0.3) is 0 Å². The van der Waals surface area contributed by atoms with Crippen LogP contribution in [0.3, 0.4) is 0 Å². The van der Waals surface area contributed by atoms with Crippen LogP contribution in [0.25, 0.3) is 0 Å². The van der Waals surface area contributed by atoms with E-state index in [1.54, 1.807) is 18.2 Å². The number of anilines is 1. The van der Waals surface area contributed by atoms with E-state index >= 15 is 0 Å². The minimum absolute atomic E-state index is 0.581. The number of aryl methyl sites for hydroxylation is 1. The van der Waals surface area contributed by atoms with Crippen LogP contribution in [0, 0.1) is 0 Å². The van der Waals surface area contributed by atoms with Crippen LogP contribution in [-0.4, -0.2) is 0 Å².